The molecule has 2 aliphatic rings. The van der Waals surface area contributed by atoms with Crippen molar-refractivity contribution in [3.63, 3.8) is 0 Å². The van der Waals surface area contributed by atoms with Gasteiger partial charge in [0, 0.05) is 30.1 Å². The van der Waals surface area contributed by atoms with Gasteiger partial charge in [0.15, 0.2) is 16.7 Å². The number of hydrogen-bond donors (Lipinski definition) is 0. The molecule has 0 saturated heterocycles. The van der Waals surface area contributed by atoms with Gasteiger partial charge in [-0.3, -0.25) is 4.79 Å². The summed E-state index contributed by atoms with van der Waals surface area (Å²) in [6.45, 7) is 5.55. The second kappa shape index (κ2) is 8.35. The molecule has 0 radical (unpaired) electrons. The van der Waals surface area contributed by atoms with Crippen LogP contribution in [0.3, 0.4) is 0 Å². The summed E-state index contributed by atoms with van der Waals surface area (Å²) in [6, 6.07) is 8.12. The molecule has 30 heavy (non-hydrogen) atoms. The van der Waals surface area contributed by atoms with E-state index in [0.717, 1.165) is 54.0 Å². The van der Waals surface area contributed by atoms with E-state index in [0.29, 0.717) is 19.0 Å². The first-order valence-electron chi connectivity index (χ1n) is 10.1. The zero-order valence-electron chi connectivity index (χ0n) is 16.8. The van der Waals surface area contributed by atoms with Gasteiger partial charge in [-0.1, -0.05) is 11.8 Å². The lowest BCUT2D eigenvalue weighted by molar-refractivity contribution is -0.129. The third-order valence-electron chi connectivity index (χ3n) is 5.46. The lowest BCUT2D eigenvalue weighted by Gasteiger charge is -2.26. The van der Waals surface area contributed by atoms with E-state index in [1.165, 1.54) is 22.2 Å². The van der Waals surface area contributed by atoms with Gasteiger partial charge >= 0.3 is 0 Å². The Morgan fingerprint density at radius 1 is 1.23 bits per heavy atom. The number of aromatic nitrogens is 2. The van der Waals surface area contributed by atoms with E-state index >= 15 is 0 Å². The summed E-state index contributed by atoms with van der Waals surface area (Å²) in [6.07, 6.45) is 2.83. The summed E-state index contributed by atoms with van der Waals surface area (Å²) in [5.41, 5.74) is 3.35. The van der Waals surface area contributed by atoms with E-state index in [2.05, 4.69) is 27.9 Å². The molecule has 0 unspecified atom stereocenters. The number of benzene rings is 1. The zero-order valence-corrected chi connectivity index (χ0v) is 18.4. The number of hydrogen-bond acceptors (Lipinski definition) is 6. The Kier molecular flexibility index (Phi) is 5.43. The van der Waals surface area contributed by atoms with Crippen LogP contribution < -0.4 is 9.47 Å². The number of nitrogens with zero attached hydrogens (tertiary/aromatic N) is 3. The second-order valence-corrected chi connectivity index (χ2v) is 9.19. The molecular formula is C22H23N3O3S2. The summed E-state index contributed by atoms with van der Waals surface area (Å²) < 4.78 is 13.5. The minimum Gasteiger partial charge on any atom is -0.486 e. The maximum Gasteiger partial charge on any atom is 0.233 e. The normalized spacial score (nSPS) is 15.2. The third-order valence-corrected chi connectivity index (χ3v) is 7.46. The van der Waals surface area contributed by atoms with Crippen LogP contribution in [0, 0.1) is 0 Å². The van der Waals surface area contributed by atoms with E-state index in [1.807, 2.05) is 29.3 Å². The van der Waals surface area contributed by atoms with Crippen molar-refractivity contribution < 1.29 is 14.3 Å². The lowest BCUT2D eigenvalue weighted by Crippen LogP contribution is -2.36. The Balaban J connectivity index is 1.29. The van der Waals surface area contributed by atoms with Crippen molar-refractivity contribution >= 4 is 29.0 Å². The van der Waals surface area contributed by atoms with Crippen LogP contribution in [0.2, 0.25) is 0 Å². The molecule has 1 amide bonds. The Hall–Kier alpha value is -2.45. The number of fused-ring (bicyclic) bond motifs is 2. The lowest BCUT2D eigenvalue weighted by atomic mass is 10.1. The fourth-order valence-corrected chi connectivity index (χ4v) is 5.73. The van der Waals surface area contributed by atoms with Gasteiger partial charge in [-0.15, -0.1) is 11.3 Å². The number of imidazole rings is 1. The number of carbonyl (C=O) groups excluding carboxylic acids is 1. The van der Waals surface area contributed by atoms with Crippen LogP contribution in [0.5, 0.6) is 11.5 Å². The van der Waals surface area contributed by atoms with Gasteiger partial charge < -0.3 is 18.9 Å². The van der Waals surface area contributed by atoms with Gasteiger partial charge in [0.2, 0.25) is 5.91 Å². The summed E-state index contributed by atoms with van der Waals surface area (Å²) in [5, 5.41) is 2.98. The standard InChI is InChI=1S/C22H23N3O3S2/c1-2-25-17(15-3-4-18-19(11-15)28-9-8-27-18)12-23-22(25)30-14-21(26)24-7-5-20-16(13-24)6-10-29-20/h3-4,6,10-12H,2,5,7-9,13-14H2,1H3. The van der Waals surface area contributed by atoms with Gasteiger partial charge in [-0.05, 0) is 48.6 Å². The molecule has 0 saturated carbocycles. The Morgan fingerprint density at radius 3 is 2.97 bits per heavy atom. The van der Waals surface area contributed by atoms with Crippen LogP contribution in [-0.4, -0.2) is 45.9 Å². The molecule has 156 valence electrons. The predicted octanol–water partition coefficient (Wildman–Crippen LogP) is 4.08. The molecule has 0 aliphatic carbocycles. The summed E-state index contributed by atoms with van der Waals surface area (Å²) >= 11 is 3.30. The number of ether oxygens (including phenoxy) is 2. The highest BCUT2D eigenvalue weighted by molar-refractivity contribution is 7.99. The van der Waals surface area contributed by atoms with Crippen LogP contribution in [0.25, 0.3) is 11.3 Å². The largest absolute Gasteiger partial charge is 0.486 e. The van der Waals surface area contributed by atoms with Crippen molar-refractivity contribution in [1.82, 2.24) is 14.5 Å². The molecule has 0 N–H and O–H groups in total. The van der Waals surface area contributed by atoms with Crippen LogP contribution in [0.1, 0.15) is 17.4 Å². The van der Waals surface area contributed by atoms with Crippen LogP contribution >= 0.6 is 23.1 Å². The number of thioether (sulfide) groups is 1. The van der Waals surface area contributed by atoms with E-state index in [9.17, 15) is 4.79 Å². The van der Waals surface area contributed by atoms with Gasteiger partial charge in [-0.25, -0.2) is 4.98 Å². The number of amides is 1. The average molecular weight is 442 g/mol. The van der Waals surface area contributed by atoms with E-state index in [4.69, 9.17) is 9.47 Å². The molecule has 2 aromatic heterocycles. The minimum absolute atomic E-state index is 0.170. The smallest absolute Gasteiger partial charge is 0.233 e. The highest BCUT2D eigenvalue weighted by atomic mass is 32.2. The number of carbonyl (C=O) groups is 1. The molecular weight excluding hydrogens is 418 g/mol. The summed E-state index contributed by atoms with van der Waals surface area (Å²) in [5.74, 6) is 2.12. The van der Waals surface area contributed by atoms with Crippen molar-refractivity contribution in [1.29, 1.82) is 0 Å². The highest BCUT2D eigenvalue weighted by Crippen LogP contribution is 2.35. The SMILES string of the molecule is CCn1c(-c2ccc3c(c2)OCCO3)cnc1SCC(=O)N1CCc2sccc2C1. The topological polar surface area (TPSA) is 56.6 Å². The van der Waals surface area contributed by atoms with Gasteiger partial charge in [0.05, 0.1) is 17.6 Å². The number of rotatable bonds is 5. The van der Waals surface area contributed by atoms with E-state index < -0.39 is 0 Å². The molecule has 2 aliphatic heterocycles. The van der Waals surface area contributed by atoms with Crippen LogP contribution in [0.4, 0.5) is 0 Å². The monoisotopic (exact) mass is 441 g/mol. The molecule has 0 spiro atoms. The first-order chi connectivity index (χ1) is 14.7. The molecule has 0 bridgehead atoms. The summed E-state index contributed by atoms with van der Waals surface area (Å²) in [7, 11) is 0. The van der Waals surface area contributed by atoms with Gasteiger partial charge in [-0.2, -0.15) is 0 Å². The fourth-order valence-electron chi connectivity index (χ4n) is 3.89. The first-order valence-corrected chi connectivity index (χ1v) is 12.0. The van der Waals surface area contributed by atoms with Gasteiger partial charge in [0.1, 0.15) is 13.2 Å². The third kappa shape index (κ3) is 3.70. The number of thiophene rings is 1. The van der Waals surface area contributed by atoms with E-state index in [-0.39, 0.29) is 5.91 Å². The Labute approximate surface area is 183 Å². The molecule has 8 heteroatoms. The van der Waals surface area contributed by atoms with Crippen LogP contribution in [0.15, 0.2) is 41.0 Å². The molecule has 4 heterocycles. The molecule has 5 rings (SSSR count). The predicted molar refractivity (Wildman–Crippen MR) is 118 cm³/mol. The fraction of sp³-hybridized carbons (Fsp3) is 0.364. The van der Waals surface area contributed by atoms with E-state index in [1.54, 1.807) is 11.3 Å². The second-order valence-electron chi connectivity index (χ2n) is 7.25. The maximum atomic E-state index is 12.8. The Morgan fingerprint density at radius 2 is 2.10 bits per heavy atom. The molecule has 6 nitrogen and oxygen atoms in total. The first kappa shape index (κ1) is 19.5. The summed E-state index contributed by atoms with van der Waals surface area (Å²) in [4.78, 5) is 20.8. The van der Waals surface area contributed by atoms with Crippen molar-refractivity contribution in [2.24, 2.45) is 0 Å². The quantitative estimate of drug-likeness (QED) is 0.559. The molecule has 0 atom stereocenters. The Bertz CT molecular complexity index is 1080. The van der Waals surface area contributed by atoms with Crippen LogP contribution in [-0.2, 0) is 24.3 Å². The van der Waals surface area contributed by atoms with Crippen molar-refractivity contribution in [2.45, 2.75) is 31.6 Å². The van der Waals surface area contributed by atoms with Crippen molar-refractivity contribution in [3.05, 3.63) is 46.3 Å². The van der Waals surface area contributed by atoms with Crippen molar-refractivity contribution in [2.75, 3.05) is 25.5 Å². The molecule has 0 fully saturated rings. The van der Waals surface area contributed by atoms with Crippen molar-refractivity contribution in [3.8, 4) is 22.8 Å². The van der Waals surface area contributed by atoms with Gasteiger partial charge in [0.25, 0.3) is 0 Å². The maximum absolute atomic E-state index is 12.8. The average Bonchev–Trinajstić information content (AvgIpc) is 3.43. The molecule has 1 aromatic carbocycles. The zero-order chi connectivity index (χ0) is 20.5. The highest BCUT2D eigenvalue weighted by Gasteiger charge is 2.22. The minimum atomic E-state index is 0.170. The molecule has 3 aromatic rings.